The summed E-state index contributed by atoms with van der Waals surface area (Å²) >= 11 is 0. The van der Waals surface area contributed by atoms with E-state index in [0.29, 0.717) is 13.0 Å². The molecule has 0 spiro atoms. The van der Waals surface area contributed by atoms with Gasteiger partial charge in [-0.1, -0.05) is 36.8 Å². The molecular formula is C13H18N2O3S. The molecule has 1 aromatic rings. The molecule has 1 saturated heterocycles. The topological polar surface area (TPSA) is 80.5 Å². The molecule has 0 aromatic heterocycles. The SMILES string of the molecule is NC(=O)[C@@H]1CCCCN1S(=O)(=O)Cc1ccccc1. The maximum atomic E-state index is 12.4. The smallest absolute Gasteiger partial charge is 0.235 e. The summed E-state index contributed by atoms with van der Waals surface area (Å²) in [6.07, 6.45) is 2.13. The van der Waals surface area contributed by atoms with Crippen LogP contribution in [0.4, 0.5) is 0 Å². The zero-order chi connectivity index (χ0) is 13.9. The van der Waals surface area contributed by atoms with Crippen LogP contribution in [0.1, 0.15) is 24.8 Å². The van der Waals surface area contributed by atoms with Crippen LogP contribution in [-0.4, -0.2) is 31.2 Å². The minimum absolute atomic E-state index is 0.0857. The van der Waals surface area contributed by atoms with Gasteiger partial charge in [-0.05, 0) is 18.4 Å². The molecule has 19 heavy (non-hydrogen) atoms. The van der Waals surface area contributed by atoms with Gasteiger partial charge in [-0.25, -0.2) is 8.42 Å². The second-order valence-corrected chi connectivity index (χ2v) is 6.69. The summed E-state index contributed by atoms with van der Waals surface area (Å²) in [5.74, 6) is -0.645. The van der Waals surface area contributed by atoms with Crippen LogP contribution in [0.25, 0.3) is 0 Å². The fourth-order valence-corrected chi connectivity index (χ4v) is 4.17. The molecule has 0 radical (unpaired) electrons. The number of nitrogens with zero attached hydrogens (tertiary/aromatic N) is 1. The standard InChI is InChI=1S/C13H18N2O3S/c14-13(16)12-8-4-5-9-15(12)19(17,18)10-11-6-2-1-3-7-11/h1-3,6-7,12H,4-5,8-10H2,(H2,14,16)/t12-/m0/s1. The van der Waals surface area contributed by atoms with Gasteiger partial charge in [-0.3, -0.25) is 4.79 Å². The van der Waals surface area contributed by atoms with E-state index in [1.807, 2.05) is 6.07 Å². The molecule has 0 unspecified atom stereocenters. The Morgan fingerprint density at radius 3 is 2.58 bits per heavy atom. The van der Waals surface area contributed by atoms with E-state index in [1.54, 1.807) is 24.3 Å². The Morgan fingerprint density at radius 1 is 1.26 bits per heavy atom. The maximum Gasteiger partial charge on any atom is 0.235 e. The third kappa shape index (κ3) is 3.33. The molecule has 0 bridgehead atoms. The summed E-state index contributed by atoms with van der Waals surface area (Å²) in [5, 5.41) is 0. The number of piperidine rings is 1. The molecule has 2 N–H and O–H groups in total. The van der Waals surface area contributed by atoms with Crippen LogP contribution >= 0.6 is 0 Å². The summed E-state index contributed by atoms with van der Waals surface area (Å²) in [7, 11) is -3.50. The molecule has 1 aliphatic heterocycles. The van der Waals surface area contributed by atoms with E-state index in [0.717, 1.165) is 18.4 Å². The van der Waals surface area contributed by atoms with Crippen LogP contribution in [0, 0.1) is 0 Å². The van der Waals surface area contributed by atoms with Gasteiger partial charge in [0.25, 0.3) is 0 Å². The first-order valence-corrected chi connectivity index (χ1v) is 7.94. The Bertz CT molecular complexity index is 542. The molecule has 6 heteroatoms. The number of rotatable bonds is 4. The van der Waals surface area contributed by atoms with Crippen molar-refractivity contribution in [3.05, 3.63) is 35.9 Å². The average molecular weight is 282 g/mol. The van der Waals surface area contributed by atoms with Gasteiger partial charge >= 0.3 is 0 Å². The number of amides is 1. The van der Waals surface area contributed by atoms with E-state index in [2.05, 4.69) is 0 Å². The van der Waals surface area contributed by atoms with Crippen LogP contribution in [0.5, 0.6) is 0 Å². The van der Waals surface area contributed by atoms with E-state index in [1.165, 1.54) is 4.31 Å². The molecule has 0 aliphatic carbocycles. The highest BCUT2D eigenvalue weighted by atomic mass is 32.2. The first-order valence-electron chi connectivity index (χ1n) is 6.33. The van der Waals surface area contributed by atoms with Gasteiger partial charge in [-0.15, -0.1) is 0 Å². The Hall–Kier alpha value is -1.40. The van der Waals surface area contributed by atoms with Gasteiger partial charge < -0.3 is 5.73 Å². The molecule has 2 rings (SSSR count). The highest BCUT2D eigenvalue weighted by Gasteiger charge is 2.35. The minimum Gasteiger partial charge on any atom is -0.368 e. The quantitative estimate of drug-likeness (QED) is 0.889. The molecule has 104 valence electrons. The fraction of sp³-hybridized carbons (Fsp3) is 0.462. The molecule has 0 saturated carbocycles. The van der Waals surface area contributed by atoms with Crippen LogP contribution < -0.4 is 5.73 Å². The molecule has 1 atom stereocenters. The van der Waals surface area contributed by atoms with E-state index >= 15 is 0 Å². The van der Waals surface area contributed by atoms with Gasteiger partial charge in [-0.2, -0.15) is 4.31 Å². The maximum absolute atomic E-state index is 12.4. The van der Waals surface area contributed by atoms with Gasteiger partial charge in [0, 0.05) is 6.54 Å². The summed E-state index contributed by atoms with van der Waals surface area (Å²) in [6, 6.07) is 8.27. The van der Waals surface area contributed by atoms with Crippen LogP contribution in [-0.2, 0) is 20.6 Å². The summed E-state index contributed by atoms with van der Waals surface area (Å²) in [5.41, 5.74) is 6.02. The molecular weight excluding hydrogens is 264 g/mol. The van der Waals surface area contributed by atoms with Gasteiger partial charge in [0.1, 0.15) is 6.04 Å². The van der Waals surface area contributed by atoms with Crippen LogP contribution in [0.3, 0.4) is 0 Å². The van der Waals surface area contributed by atoms with Crippen molar-refractivity contribution >= 4 is 15.9 Å². The molecule has 1 aromatic carbocycles. The first-order chi connectivity index (χ1) is 9.00. The van der Waals surface area contributed by atoms with Crippen molar-refractivity contribution in [1.29, 1.82) is 0 Å². The van der Waals surface area contributed by atoms with E-state index in [4.69, 9.17) is 5.73 Å². The number of carbonyl (C=O) groups excluding carboxylic acids is 1. The third-order valence-electron chi connectivity index (χ3n) is 3.33. The predicted octanol–water partition coefficient (Wildman–Crippen LogP) is 0.856. The van der Waals surface area contributed by atoms with Crippen molar-refractivity contribution in [2.24, 2.45) is 5.73 Å². The largest absolute Gasteiger partial charge is 0.368 e. The Morgan fingerprint density at radius 2 is 1.95 bits per heavy atom. The zero-order valence-corrected chi connectivity index (χ0v) is 11.5. The van der Waals surface area contributed by atoms with Gasteiger partial charge in [0.15, 0.2) is 0 Å². The number of primary amides is 1. The Kier molecular flexibility index (Phi) is 4.21. The second-order valence-electron chi connectivity index (χ2n) is 4.77. The lowest BCUT2D eigenvalue weighted by atomic mass is 10.0. The lowest BCUT2D eigenvalue weighted by Crippen LogP contribution is -2.50. The van der Waals surface area contributed by atoms with Crippen molar-refractivity contribution in [3.63, 3.8) is 0 Å². The highest BCUT2D eigenvalue weighted by Crippen LogP contribution is 2.22. The van der Waals surface area contributed by atoms with Gasteiger partial charge in [0.05, 0.1) is 5.75 Å². The summed E-state index contributed by atoms with van der Waals surface area (Å²) in [4.78, 5) is 11.4. The van der Waals surface area contributed by atoms with Crippen molar-refractivity contribution in [1.82, 2.24) is 4.31 Å². The number of hydrogen-bond acceptors (Lipinski definition) is 3. The van der Waals surface area contributed by atoms with E-state index in [9.17, 15) is 13.2 Å². The molecule has 1 fully saturated rings. The van der Waals surface area contributed by atoms with E-state index < -0.39 is 22.0 Å². The number of benzene rings is 1. The lowest BCUT2D eigenvalue weighted by Gasteiger charge is -2.32. The third-order valence-corrected chi connectivity index (χ3v) is 5.18. The second kappa shape index (κ2) is 5.71. The summed E-state index contributed by atoms with van der Waals surface area (Å²) < 4.78 is 26.0. The van der Waals surface area contributed by atoms with Crippen molar-refractivity contribution in [3.8, 4) is 0 Å². The van der Waals surface area contributed by atoms with Crippen molar-refractivity contribution < 1.29 is 13.2 Å². The molecule has 1 aliphatic rings. The van der Waals surface area contributed by atoms with Crippen LogP contribution in [0.15, 0.2) is 30.3 Å². The summed E-state index contributed by atoms with van der Waals surface area (Å²) in [6.45, 7) is 0.378. The molecule has 5 nitrogen and oxygen atoms in total. The number of carbonyl (C=O) groups is 1. The number of sulfonamides is 1. The first kappa shape index (κ1) is 14.0. The van der Waals surface area contributed by atoms with E-state index in [-0.39, 0.29) is 5.75 Å². The zero-order valence-electron chi connectivity index (χ0n) is 10.7. The lowest BCUT2D eigenvalue weighted by molar-refractivity contribution is -0.122. The predicted molar refractivity (Wildman–Crippen MR) is 72.6 cm³/mol. The molecule has 1 heterocycles. The van der Waals surface area contributed by atoms with Crippen LogP contribution in [0.2, 0.25) is 0 Å². The molecule has 1 amide bonds. The van der Waals surface area contributed by atoms with Crippen molar-refractivity contribution in [2.75, 3.05) is 6.54 Å². The number of nitrogens with two attached hydrogens (primary N) is 1. The minimum atomic E-state index is -3.50. The normalized spacial score (nSPS) is 21.2. The average Bonchev–Trinajstić information content (AvgIpc) is 2.39. The van der Waals surface area contributed by atoms with Gasteiger partial charge in [0.2, 0.25) is 15.9 Å². The fourth-order valence-electron chi connectivity index (χ4n) is 2.39. The van der Waals surface area contributed by atoms with Crippen molar-refractivity contribution in [2.45, 2.75) is 31.1 Å². The Labute approximate surface area is 113 Å². The Balaban J connectivity index is 2.20. The highest BCUT2D eigenvalue weighted by molar-refractivity contribution is 7.88. The number of hydrogen-bond donors (Lipinski definition) is 1. The monoisotopic (exact) mass is 282 g/mol.